The third-order valence-electron chi connectivity index (χ3n) is 2.56. The Balaban J connectivity index is 2.30. The smallest absolute Gasteiger partial charge is 0.187 e. The van der Waals surface area contributed by atoms with Crippen LogP contribution in [0.4, 0.5) is 5.82 Å². The molecule has 0 aliphatic carbocycles. The minimum Gasteiger partial charge on any atom is -0.490 e. The lowest BCUT2D eigenvalue weighted by molar-refractivity contribution is 0.340. The van der Waals surface area contributed by atoms with Gasteiger partial charge in [-0.05, 0) is 45.0 Å². The molecular formula is C13H17N3O. The van der Waals surface area contributed by atoms with E-state index >= 15 is 0 Å². The van der Waals surface area contributed by atoms with E-state index in [0.717, 1.165) is 23.0 Å². The monoisotopic (exact) mass is 231 g/mol. The van der Waals surface area contributed by atoms with Gasteiger partial charge in [-0.3, -0.25) is 10.1 Å². The zero-order chi connectivity index (χ0) is 12.3. The summed E-state index contributed by atoms with van der Waals surface area (Å²) in [6, 6.07) is 7.90. The van der Waals surface area contributed by atoms with Crippen LogP contribution in [0.3, 0.4) is 0 Å². The molecular weight excluding hydrogens is 214 g/mol. The minimum absolute atomic E-state index is 0.629. The average molecular weight is 231 g/mol. The van der Waals surface area contributed by atoms with Crippen LogP contribution in [0.15, 0.2) is 30.5 Å². The van der Waals surface area contributed by atoms with Gasteiger partial charge in [-0.15, -0.1) is 0 Å². The minimum atomic E-state index is 0.629. The molecule has 0 aromatic carbocycles. The number of hydrogen-bond donors (Lipinski definition) is 1. The lowest BCUT2D eigenvalue weighted by atomic mass is 10.4. The molecule has 0 bridgehead atoms. The first kappa shape index (κ1) is 11.5. The number of ether oxygens (including phenoxy) is 1. The maximum absolute atomic E-state index is 5.53. The maximum atomic E-state index is 5.53. The number of rotatable bonds is 4. The number of aromatic nitrogens is 2. The molecule has 0 unspecified atom stereocenters. The van der Waals surface area contributed by atoms with Gasteiger partial charge in [0.15, 0.2) is 11.6 Å². The number of anilines is 1. The van der Waals surface area contributed by atoms with Crippen LogP contribution in [0.25, 0.3) is 0 Å². The first-order valence-corrected chi connectivity index (χ1v) is 5.72. The van der Waals surface area contributed by atoms with E-state index in [4.69, 9.17) is 4.74 Å². The summed E-state index contributed by atoms with van der Waals surface area (Å²) in [5.74, 6) is 1.50. The summed E-state index contributed by atoms with van der Waals surface area (Å²) in [5, 5.41) is 0. The normalized spacial score (nSPS) is 10.3. The molecule has 2 aromatic heterocycles. The second-order valence-electron chi connectivity index (χ2n) is 3.85. The van der Waals surface area contributed by atoms with Crippen LogP contribution in [0.2, 0.25) is 0 Å². The van der Waals surface area contributed by atoms with Crippen molar-refractivity contribution in [2.75, 3.05) is 12.0 Å². The molecule has 0 saturated heterocycles. The van der Waals surface area contributed by atoms with Crippen molar-refractivity contribution in [3.63, 3.8) is 0 Å². The van der Waals surface area contributed by atoms with Crippen molar-refractivity contribution in [2.45, 2.75) is 20.8 Å². The molecule has 0 fully saturated rings. The lowest BCUT2D eigenvalue weighted by Gasteiger charge is -2.14. The van der Waals surface area contributed by atoms with Gasteiger partial charge in [-0.25, -0.2) is 4.98 Å². The van der Waals surface area contributed by atoms with Crippen LogP contribution in [-0.2, 0) is 0 Å². The van der Waals surface area contributed by atoms with Crippen LogP contribution in [0.5, 0.6) is 5.75 Å². The SMILES string of the molecule is CCOc1cccnc1Nn1c(C)ccc1C. The highest BCUT2D eigenvalue weighted by molar-refractivity contribution is 5.49. The lowest BCUT2D eigenvalue weighted by Crippen LogP contribution is -2.14. The molecule has 0 amide bonds. The molecule has 4 heteroatoms. The number of nitrogens with zero attached hydrogens (tertiary/aromatic N) is 2. The Labute approximate surface area is 101 Å². The van der Waals surface area contributed by atoms with Crippen LogP contribution in [0, 0.1) is 13.8 Å². The molecule has 17 heavy (non-hydrogen) atoms. The molecule has 90 valence electrons. The predicted octanol–water partition coefficient (Wildman–Crippen LogP) is 2.77. The van der Waals surface area contributed by atoms with E-state index in [-0.39, 0.29) is 0 Å². The molecule has 0 atom stereocenters. The molecule has 0 aliphatic rings. The summed E-state index contributed by atoms with van der Waals surface area (Å²) in [6.45, 7) is 6.68. The van der Waals surface area contributed by atoms with Gasteiger partial charge in [0.25, 0.3) is 0 Å². The fraction of sp³-hybridized carbons (Fsp3) is 0.308. The average Bonchev–Trinajstić information content (AvgIpc) is 2.64. The van der Waals surface area contributed by atoms with Crippen LogP contribution in [0.1, 0.15) is 18.3 Å². The standard InChI is InChI=1S/C13H17N3O/c1-4-17-12-6-5-9-14-13(12)15-16-10(2)7-8-11(16)3/h5-9H,4H2,1-3H3,(H,14,15). The van der Waals surface area contributed by atoms with Crippen molar-refractivity contribution in [2.24, 2.45) is 0 Å². The van der Waals surface area contributed by atoms with Gasteiger partial charge >= 0.3 is 0 Å². The second-order valence-corrected chi connectivity index (χ2v) is 3.85. The zero-order valence-corrected chi connectivity index (χ0v) is 10.4. The van der Waals surface area contributed by atoms with Gasteiger partial charge in [0.1, 0.15) is 0 Å². The van der Waals surface area contributed by atoms with Gasteiger partial charge in [0.2, 0.25) is 0 Å². The van der Waals surface area contributed by atoms with Crippen molar-refractivity contribution in [1.82, 2.24) is 9.66 Å². The summed E-state index contributed by atoms with van der Waals surface area (Å²) in [4.78, 5) is 4.30. The Kier molecular flexibility index (Phi) is 3.32. The number of nitrogens with one attached hydrogen (secondary N) is 1. The van der Waals surface area contributed by atoms with Gasteiger partial charge in [-0.1, -0.05) is 0 Å². The third-order valence-corrected chi connectivity index (χ3v) is 2.56. The molecule has 0 radical (unpaired) electrons. The molecule has 0 aliphatic heterocycles. The van der Waals surface area contributed by atoms with E-state index in [0.29, 0.717) is 6.61 Å². The molecule has 2 aromatic rings. The largest absolute Gasteiger partial charge is 0.490 e. The maximum Gasteiger partial charge on any atom is 0.187 e. The Bertz CT molecular complexity index is 486. The van der Waals surface area contributed by atoms with E-state index in [1.807, 2.05) is 37.6 Å². The summed E-state index contributed by atoms with van der Waals surface area (Å²) >= 11 is 0. The fourth-order valence-electron chi connectivity index (χ4n) is 1.70. The van der Waals surface area contributed by atoms with Gasteiger partial charge < -0.3 is 4.74 Å². The van der Waals surface area contributed by atoms with E-state index in [9.17, 15) is 0 Å². The van der Waals surface area contributed by atoms with Crippen molar-refractivity contribution in [1.29, 1.82) is 0 Å². The van der Waals surface area contributed by atoms with E-state index in [1.54, 1.807) is 6.20 Å². The summed E-state index contributed by atoms with van der Waals surface area (Å²) in [5.41, 5.74) is 5.52. The molecule has 4 nitrogen and oxygen atoms in total. The highest BCUT2D eigenvalue weighted by Gasteiger charge is 2.06. The topological polar surface area (TPSA) is 39.1 Å². The highest BCUT2D eigenvalue weighted by atomic mass is 16.5. The van der Waals surface area contributed by atoms with Gasteiger partial charge in [-0.2, -0.15) is 0 Å². The van der Waals surface area contributed by atoms with Crippen LogP contribution in [-0.4, -0.2) is 16.3 Å². The quantitative estimate of drug-likeness (QED) is 0.879. The first-order chi connectivity index (χ1) is 8.22. The molecule has 0 spiro atoms. The highest BCUT2D eigenvalue weighted by Crippen LogP contribution is 2.21. The molecule has 2 heterocycles. The fourth-order valence-corrected chi connectivity index (χ4v) is 1.70. The van der Waals surface area contributed by atoms with E-state index in [1.165, 1.54) is 0 Å². The third kappa shape index (κ3) is 2.41. The van der Waals surface area contributed by atoms with Crippen molar-refractivity contribution in [3.8, 4) is 5.75 Å². The molecule has 1 N–H and O–H groups in total. The predicted molar refractivity (Wildman–Crippen MR) is 68.3 cm³/mol. The van der Waals surface area contributed by atoms with E-state index in [2.05, 4.69) is 22.5 Å². The number of pyridine rings is 1. The molecule has 0 saturated carbocycles. The second kappa shape index (κ2) is 4.91. The Morgan fingerprint density at radius 2 is 1.94 bits per heavy atom. The Hall–Kier alpha value is -1.97. The van der Waals surface area contributed by atoms with Gasteiger partial charge in [0.05, 0.1) is 6.61 Å². The zero-order valence-electron chi connectivity index (χ0n) is 10.4. The molecule has 2 rings (SSSR count). The summed E-state index contributed by atoms with van der Waals surface area (Å²) in [6.07, 6.45) is 1.75. The first-order valence-electron chi connectivity index (χ1n) is 5.72. The van der Waals surface area contributed by atoms with Crippen molar-refractivity contribution >= 4 is 5.82 Å². The summed E-state index contributed by atoms with van der Waals surface area (Å²) in [7, 11) is 0. The van der Waals surface area contributed by atoms with Crippen LogP contribution >= 0.6 is 0 Å². The van der Waals surface area contributed by atoms with Crippen molar-refractivity contribution in [3.05, 3.63) is 41.9 Å². The van der Waals surface area contributed by atoms with E-state index < -0.39 is 0 Å². The number of aryl methyl sites for hydroxylation is 2. The van der Waals surface area contributed by atoms with Gasteiger partial charge in [0, 0.05) is 17.6 Å². The Morgan fingerprint density at radius 3 is 2.59 bits per heavy atom. The number of hydrogen-bond acceptors (Lipinski definition) is 3. The Morgan fingerprint density at radius 1 is 1.24 bits per heavy atom. The van der Waals surface area contributed by atoms with Crippen molar-refractivity contribution < 1.29 is 4.74 Å². The van der Waals surface area contributed by atoms with Crippen LogP contribution < -0.4 is 10.2 Å². The summed E-state index contributed by atoms with van der Waals surface area (Å²) < 4.78 is 7.52.